The Kier molecular flexibility index (Phi) is 3.87. The Morgan fingerprint density at radius 3 is 2.63 bits per heavy atom. The summed E-state index contributed by atoms with van der Waals surface area (Å²) in [7, 11) is 3.51. The van der Waals surface area contributed by atoms with Gasteiger partial charge in [-0.2, -0.15) is 0 Å². The smallest absolute Gasteiger partial charge is 0.204 e. The van der Waals surface area contributed by atoms with Crippen LogP contribution >= 0.6 is 11.8 Å². The number of guanidine groups is 1. The molecule has 0 amide bonds. The minimum atomic E-state index is -0.786. The summed E-state index contributed by atoms with van der Waals surface area (Å²) in [5, 5.41) is 19.6. The van der Waals surface area contributed by atoms with E-state index >= 15 is 0 Å². The molecule has 106 valence electrons. The SMILES string of the molecule is CN=C(SC)C1C(=N)N2C(=NC(C)C2C)N(C)C1O. The lowest BCUT2D eigenvalue weighted by Crippen LogP contribution is -2.62. The van der Waals surface area contributed by atoms with Gasteiger partial charge in [-0.15, -0.1) is 11.8 Å². The Balaban J connectivity index is 2.41. The van der Waals surface area contributed by atoms with Crippen molar-refractivity contribution in [3.8, 4) is 0 Å². The minimum absolute atomic E-state index is 0.125. The predicted octanol–water partition coefficient (Wildman–Crippen LogP) is 0.684. The van der Waals surface area contributed by atoms with Gasteiger partial charge in [0.1, 0.15) is 18.0 Å². The van der Waals surface area contributed by atoms with Gasteiger partial charge in [-0.25, -0.2) is 4.99 Å². The van der Waals surface area contributed by atoms with Crippen molar-refractivity contribution >= 4 is 28.6 Å². The number of hydrogen-bond donors (Lipinski definition) is 2. The summed E-state index contributed by atoms with van der Waals surface area (Å²) in [6.45, 7) is 4.09. The number of thioether (sulfide) groups is 1. The van der Waals surface area contributed by atoms with Crippen LogP contribution in [0.5, 0.6) is 0 Å². The second-order valence-electron chi connectivity index (χ2n) is 4.93. The van der Waals surface area contributed by atoms with Crippen molar-refractivity contribution in [3.05, 3.63) is 0 Å². The highest BCUT2D eigenvalue weighted by Gasteiger charge is 2.47. The summed E-state index contributed by atoms with van der Waals surface area (Å²) in [6, 6.07) is 0.264. The molecule has 1 saturated heterocycles. The van der Waals surface area contributed by atoms with Gasteiger partial charge in [0.25, 0.3) is 0 Å². The molecule has 0 spiro atoms. The van der Waals surface area contributed by atoms with Crippen LogP contribution in [0.25, 0.3) is 0 Å². The molecule has 2 rings (SSSR count). The molecule has 2 aliphatic rings. The summed E-state index contributed by atoms with van der Waals surface area (Å²) in [4.78, 5) is 12.4. The van der Waals surface area contributed by atoms with Crippen LogP contribution in [0, 0.1) is 11.3 Å². The molecule has 1 fully saturated rings. The first-order valence-corrected chi connectivity index (χ1v) is 7.53. The summed E-state index contributed by atoms with van der Waals surface area (Å²) < 4.78 is 0. The van der Waals surface area contributed by atoms with Crippen LogP contribution in [0.2, 0.25) is 0 Å². The van der Waals surface area contributed by atoms with Crippen LogP contribution in [0.15, 0.2) is 9.98 Å². The van der Waals surface area contributed by atoms with Crippen LogP contribution in [-0.4, -0.2) is 70.4 Å². The lowest BCUT2D eigenvalue weighted by Gasteiger charge is -2.44. The number of aliphatic imine (C=N–C) groups is 2. The van der Waals surface area contributed by atoms with Crippen molar-refractivity contribution in [2.45, 2.75) is 32.2 Å². The Morgan fingerprint density at radius 1 is 1.47 bits per heavy atom. The van der Waals surface area contributed by atoms with Gasteiger partial charge in [-0.05, 0) is 20.1 Å². The molecule has 2 aliphatic heterocycles. The summed E-state index contributed by atoms with van der Waals surface area (Å²) in [5.41, 5.74) is 0. The lowest BCUT2D eigenvalue weighted by atomic mass is 10.0. The molecule has 0 saturated carbocycles. The van der Waals surface area contributed by atoms with E-state index in [1.165, 1.54) is 11.8 Å². The van der Waals surface area contributed by atoms with Gasteiger partial charge < -0.3 is 10.0 Å². The third kappa shape index (κ3) is 2.04. The van der Waals surface area contributed by atoms with Crippen molar-refractivity contribution < 1.29 is 5.11 Å². The standard InChI is InChI=1S/C12H21N5OS/c1-6-7(2)17-9(13)8(10(14-3)19-5)11(18)16(4)12(17)15-6/h6-8,11,13,18H,1-5H3. The van der Waals surface area contributed by atoms with Crippen molar-refractivity contribution in [2.24, 2.45) is 15.9 Å². The third-order valence-electron chi connectivity index (χ3n) is 3.90. The highest BCUT2D eigenvalue weighted by Crippen LogP contribution is 2.31. The zero-order valence-electron chi connectivity index (χ0n) is 12.0. The molecule has 19 heavy (non-hydrogen) atoms. The molecule has 2 heterocycles. The van der Waals surface area contributed by atoms with E-state index in [1.807, 2.05) is 25.1 Å². The Morgan fingerprint density at radius 2 is 2.11 bits per heavy atom. The minimum Gasteiger partial charge on any atom is -0.372 e. The van der Waals surface area contributed by atoms with E-state index in [9.17, 15) is 5.11 Å². The van der Waals surface area contributed by atoms with Gasteiger partial charge in [0, 0.05) is 14.1 Å². The number of nitrogens with one attached hydrogen (secondary N) is 1. The van der Waals surface area contributed by atoms with Gasteiger partial charge in [0.2, 0.25) is 5.96 Å². The fourth-order valence-electron chi connectivity index (χ4n) is 2.57. The third-order valence-corrected chi connectivity index (χ3v) is 4.75. The molecule has 0 aromatic rings. The molecular weight excluding hydrogens is 262 g/mol. The average molecular weight is 283 g/mol. The Labute approximate surface area is 118 Å². The summed E-state index contributed by atoms with van der Waals surface area (Å²) >= 11 is 1.48. The Hall–Kier alpha value is -1.08. The van der Waals surface area contributed by atoms with E-state index in [2.05, 4.69) is 16.9 Å². The maximum absolute atomic E-state index is 10.4. The highest BCUT2D eigenvalue weighted by molar-refractivity contribution is 8.13. The van der Waals surface area contributed by atoms with Crippen molar-refractivity contribution in [3.63, 3.8) is 0 Å². The molecule has 4 unspecified atom stereocenters. The molecule has 0 aliphatic carbocycles. The molecule has 0 aromatic heterocycles. The molecule has 4 atom stereocenters. The number of amidine groups is 1. The topological polar surface area (TPSA) is 75.3 Å². The number of aliphatic hydroxyl groups excluding tert-OH is 1. The number of aliphatic hydroxyl groups is 1. The first-order chi connectivity index (χ1) is 8.93. The van der Waals surface area contributed by atoms with Gasteiger partial charge in [0.15, 0.2) is 0 Å². The first-order valence-electron chi connectivity index (χ1n) is 6.31. The monoisotopic (exact) mass is 283 g/mol. The number of fused-ring (bicyclic) bond motifs is 1. The molecule has 0 bridgehead atoms. The molecular formula is C12H21N5OS. The zero-order chi connectivity index (χ0) is 14.3. The Bertz CT molecular complexity index is 449. The quantitative estimate of drug-likeness (QED) is 0.548. The van der Waals surface area contributed by atoms with Gasteiger partial charge >= 0.3 is 0 Å². The van der Waals surface area contributed by atoms with E-state index < -0.39 is 12.1 Å². The van der Waals surface area contributed by atoms with Crippen molar-refractivity contribution in [1.82, 2.24) is 9.80 Å². The van der Waals surface area contributed by atoms with Gasteiger partial charge in [-0.1, -0.05) is 0 Å². The van der Waals surface area contributed by atoms with Crippen LogP contribution in [0.3, 0.4) is 0 Å². The van der Waals surface area contributed by atoms with E-state index in [1.54, 1.807) is 11.9 Å². The molecule has 0 aromatic carbocycles. The fourth-order valence-corrected chi connectivity index (χ4v) is 3.24. The zero-order valence-corrected chi connectivity index (χ0v) is 12.8. The molecule has 6 nitrogen and oxygen atoms in total. The second-order valence-corrected chi connectivity index (χ2v) is 5.76. The number of rotatable bonds is 1. The summed E-state index contributed by atoms with van der Waals surface area (Å²) in [5.74, 6) is 0.665. The summed E-state index contributed by atoms with van der Waals surface area (Å²) in [6.07, 6.45) is 1.13. The predicted molar refractivity (Wildman–Crippen MR) is 80.1 cm³/mol. The highest BCUT2D eigenvalue weighted by atomic mass is 32.2. The van der Waals surface area contributed by atoms with Crippen LogP contribution in [0.4, 0.5) is 0 Å². The van der Waals surface area contributed by atoms with E-state index in [4.69, 9.17) is 5.41 Å². The largest absolute Gasteiger partial charge is 0.372 e. The maximum atomic E-state index is 10.4. The van der Waals surface area contributed by atoms with Gasteiger partial charge in [-0.3, -0.25) is 15.3 Å². The normalized spacial score (nSPS) is 35.6. The maximum Gasteiger partial charge on any atom is 0.204 e. The first kappa shape index (κ1) is 14.3. The lowest BCUT2D eigenvalue weighted by molar-refractivity contribution is 0.0392. The number of hydrogen-bond acceptors (Lipinski definition) is 6. The van der Waals surface area contributed by atoms with E-state index in [0.29, 0.717) is 11.8 Å². The second kappa shape index (κ2) is 5.13. The molecule has 7 heteroatoms. The number of nitrogens with zero attached hydrogens (tertiary/aromatic N) is 4. The van der Waals surface area contributed by atoms with Crippen LogP contribution in [0.1, 0.15) is 13.8 Å². The van der Waals surface area contributed by atoms with Crippen molar-refractivity contribution in [1.29, 1.82) is 5.41 Å². The molecule has 2 N–H and O–H groups in total. The van der Waals surface area contributed by atoms with Crippen molar-refractivity contribution in [2.75, 3.05) is 20.4 Å². The van der Waals surface area contributed by atoms with E-state index in [-0.39, 0.29) is 12.1 Å². The molecule has 0 radical (unpaired) electrons. The van der Waals surface area contributed by atoms with Crippen LogP contribution in [-0.2, 0) is 0 Å². The van der Waals surface area contributed by atoms with Gasteiger partial charge in [0.05, 0.1) is 17.1 Å². The average Bonchev–Trinajstić information content (AvgIpc) is 2.69. The fraction of sp³-hybridized carbons (Fsp3) is 0.750. The van der Waals surface area contributed by atoms with Crippen LogP contribution < -0.4 is 0 Å². The van der Waals surface area contributed by atoms with E-state index in [0.717, 1.165) is 5.04 Å².